The van der Waals surface area contributed by atoms with Gasteiger partial charge in [-0.15, -0.1) is 0 Å². The smallest absolute Gasteiger partial charge is 0.329 e. The predicted octanol–water partition coefficient (Wildman–Crippen LogP) is 0.698. The summed E-state index contributed by atoms with van der Waals surface area (Å²) >= 11 is 0. The van der Waals surface area contributed by atoms with Gasteiger partial charge in [-0.3, -0.25) is 14.5 Å². The molecule has 4 saturated carbocycles. The Bertz CT molecular complexity index is 691. The number of ether oxygens (including phenoxy) is 2. The number of carbonyl (C=O) groups excluding carboxylic acids is 3. The zero-order valence-electron chi connectivity index (χ0n) is 18.4. The summed E-state index contributed by atoms with van der Waals surface area (Å²) in [7, 11) is 2.80. The summed E-state index contributed by atoms with van der Waals surface area (Å²) in [6, 6.07) is -0.880. The number of esters is 2. The summed E-state index contributed by atoms with van der Waals surface area (Å²) in [5.41, 5.74) is -1.13. The van der Waals surface area contributed by atoms with Crippen LogP contribution < -0.4 is 10.6 Å². The molecule has 1 amide bonds. The van der Waals surface area contributed by atoms with Crippen molar-refractivity contribution in [3.8, 4) is 0 Å². The maximum Gasteiger partial charge on any atom is 0.329 e. The molecule has 8 nitrogen and oxygen atoms in total. The lowest BCUT2D eigenvalue weighted by Crippen LogP contribution is -2.64. The Morgan fingerprint density at radius 1 is 1.00 bits per heavy atom. The highest BCUT2D eigenvalue weighted by molar-refractivity contribution is 5.90. The fraction of sp³-hybridized carbons (Fsp3) is 0.864. The average molecular weight is 422 g/mol. The molecule has 0 aromatic carbocycles. The van der Waals surface area contributed by atoms with Gasteiger partial charge in [-0.25, -0.2) is 4.79 Å². The minimum Gasteiger partial charge on any atom is -0.469 e. The predicted molar refractivity (Wildman–Crippen MR) is 109 cm³/mol. The van der Waals surface area contributed by atoms with Gasteiger partial charge >= 0.3 is 11.9 Å². The molecule has 5 aliphatic rings. The molecule has 5 fully saturated rings. The number of nitrogens with zero attached hydrogens (tertiary/aromatic N) is 1. The van der Waals surface area contributed by atoms with Crippen LogP contribution in [-0.4, -0.2) is 75.2 Å². The number of hydrogen-bond donors (Lipinski definition) is 2. The van der Waals surface area contributed by atoms with E-state index in [2.05, 4.69) is 15.5 Å². The van der Waals surface area contributed by atoms with Crippen molar-refractivity contribution in [1.82, 2.24) is 15.5 Å². The molecular formula is C22H35N3O5. The molecule has 0 radical (unpaired) electrons. The molecule has 4 unspecified atom stereocenters. The first-order chi connectivity index (χ1) is 14.3. The quantitative estimate of drug-likeness (QED) is 0.609. The third kappa shape index (κ3) is 3.62. The molecule has 8 heteroatoms. The number of piperazine rings is 1. The first-order valence-electron chi connectivity index (χ1n) is 11.2. The second-order valence-corrected chi connectivity index (χ2v) is 10.0. The van der Waals surface area contributed by atoms with Gasteiger partial charge in [-0.2, -0.15) is 0 Å². The first-order valence-corrected chi connectivity index (χ1v) is 11.2. The van der Waals surface area contributed by atoms with E-state index < -0.39 is 22.8 Å². The summed E-state index contributed by atoms with van der Waals surface area (Å²) in [6.45, 7) is 5.35. The van der Waals surface area contributed by atoms with Crippen LogP contribution in [0.25, 0.3) is 0 Å². The second kappa shape index (κ2) is 8.11. The number of carbonyl (C=O) groups is 3. The molecule has 4 atom stereocenters. The van der Waals surface area contributed by atoms with Gasteiger partial charge in [0, 0.05) is 32.2 Å². The minimum absolute atomic E-state index is 0.0951. The molecule has 30 heavy (non-hydrogen) atoms. The molecule has 4 aliphatic carbocycles. The Balaban J connectivity index is 1.55. The lowest BCUT2D eigenvalue weighted by molar-refractivity contribution is -0.182. The van der Waals surface area contributed by atoms with Crippen molar-refractivity contribution in [2.24, 2.45) is 22.7 Å². The van der Waals surface area contributed by atoms with Crippen molar-refractivity contribution >= 4 is 17.8 Å². The molecule has 1 aliphatic heterocycles. The van der Waals surface area contributed by atoms with E-state index in [0.29, 0.717) is 18.3 Å². The van der Waals surface area contributed by atoms with Crippen molar-refractivity contribution in [2.45, 2.75) is 57.5 Å². The van der Waals surface area contributed by atoms with Crippen molar-refractivity contribution in [1.29, 1.82) is 0 Å². The number of rotatable bonds is 6. The molecule has 0 spiro atoms. The summed E-state index contributed by atoms with van der Waals surface area (Å²) in [5.74, 6) is 0.0630. The van der Waals surface area contributed by atoms with E-state index in [0.717, 1.165) is 58.3 Å². The van der Waals surface area contributed by atoms with Crippen molar-refractivity contribution in [2.75, 3.05) is 40.4 Å². The van der Waals surface area contributed by atoms with Gasteiger partial charge in [-0.05, 0) is 57.3 Å². The van der Waals surface area contributed by atoms with Crippen LogP contribution in [0.5, 0.6) is 0 Å². The van der Waals surface area contributed by atoms with Crippen LogP contribution in [0.2, 0.25) is 0 Å². The van der Waals surface area contributed by atoms with Gasteiger partial charge < -0.3 is 20.1 Å². The van der Waals surface area contributed by atoms with E-state index in [1.165, 1.54) is 14.2 Å². The van der Waals surface area contributed by atoms with Crippen molar-refractivity contribution in [3.63, 3.8) is 0 Å². The zero-order chi connectivity index (χ0) is 21.5. The van der Waals surface area contributed by atoms with E-state index in [1.807, 2.05) is 6.92 Å². The third-order valence-electron chi connectivity index (χ3n) is 8.11. The molecule has 0 aromatic rings. The number of amides is 1. The summed E-state index contributed by atoms with van der Waals surface area (Å²) < 4.78 is 10.2. The Hall–Kier alpha value is -1.67. The zero-order valence-corrected chi connectivity index (χ0v) is 18.4. The molecule has 4 bridgehead atoms. The van der Waals surface area contributed by atoms with E-state index in [9.17, 15) is 14.4 Å². The minimum atomic E-state index is -0.720. The molecule has 1 saturated heterocycles. The van der Waals surface area contributed by atoms with Crippen LogP contribution in [0.4, 0.5) is 0 Å². The summed E-state index contributed by atoms with van der Waals surface area (Å²) in [4.78, 5) is 41.2. The van der Waals surface area contributed by atoms with E-state index in [-0.39, 0.29) is 17.9 Å². The van der Waals surface area contributed by atoms with Crippen molar-refractivity contribution < 1.29 is 23.9 Å². The van der Waals surface area contributed by atoms with E-state index in [4.69, 9.17) is 9.47 Å². The van der Waals surface area contributed by atoms with E-state index >= 15 is 0 Å². The van der Waals surface area contributed by atoms with Crippen molar-refractivity contribution in [3.05, 3.63) is 0 Å². The van der Waals surface area contributed by atoms with Gasteiger partial charge in [0.15, 0.2) is 0 Å². The lowest BCUT2D eigenvalue weighted by atomic mass is 9.44. The van der Waals surface area contributed by atoms with Crippen LogP contribution >= 0.6 is 0 Å². The molecular weight excluding hydrogens is 386 g/mol. The largest absolute Gasteiger partial charge is 0.469 e. The normalized spacial score (nSPS) is 37.3. The van der Waals surface area contributed by atoms with Crippen LogP contribution in [-0.2, 0) is 23.9 Å². The maximum atomic E-state index is 13.7. The molecule has 1 heterocycles. The third-order valence-corrected chi connectivity index (χ3v) is 8.11. The second-order valence-electron chi connectivity index (χ2n) is 10.0. The Labute approximate surface area is 178 Å². The molecule has 5 rings (SSSR count). The molecule has 2 N–H and O–H groups in total. The molecule has 168 valence electrons. The van der Waals surface area contributed by atoms with Gasteiger partial charge in [0.2, 0.25) is 5.91 Å². The van der Waals surface area contributed by atoms with Gasteiger partial charge in [-0.1, -0.05) is 0 Å². The molecule has 0 aromatic heterocycles. The highest BCUT2D eigenvalue weighted by Crippen LogP contribution is 2.65. The van der Waals surface area contributed by atoms with Gasteiger partial charge in [0.25, 0.3) is 0 Å². The number of methoxy groups -OCH3 is 2. The average Bonchev–Trinajstić information content (AvgIpc) is 2.75. The van der Waals surface area contributed by atoms with Crippen LogP contribution in [0.3, 0.4) is 0 Å². The lowest BCUT2D eigenvalue weighted by Gasteiger charge is -2.60. The maximum absolute atomic E-state index is 13.7. The fourth-order valence-electron chi connectivity index (χ4n) is 7.08. The SMILES string of the molecule is COC(=O)C(NC(=O)C12CC3CC(C1)CC(C(=O)OC)(C3)C2)C(C)N1CCNCC1. The van der Waals surface area contributed by atoms with Crippen LogP contribution in [0.15, 0.2) is 0 Å². The van der Waals surface area contributed by atoms with Gasteiger partial charge in [0.1, 0.15) is 6.04 Å². The van der Waals surface area contributed by atoms with E-state index in [1.54, 1.807) is 0 Å². The highest BCUT2D eigenvalue weighted by atomic mass is 16.5. The van der Waals surface area contributed by atoms with Gasteiger partial charge in [0.05, 0.1) is 25.0 Å². The monoisotopic (exact) mass is 421 g/mol. The van der Waals surface area contributed by atoms with Crippen LogP contribution in [0, 0.1) is 22.7 Å². The first kappa shape index (κ1) is 21.6. The topological polar surface area (TPSA) is 97.0 Å². The number of hydrogen-bond acceptors (Lipinski definition) is 7. The Morgan fingerprint density at radius 2 is 1.60 bits per heavy atom. The highest BCUT2D eigenvalue weighted by Gasteiger charge is 2.63. The Kier molecular flexibility index (Phi) is 5.83. The van der Waals surface area contributed by atoms with Crippen LogP contribution in [0.1, 0.15) is 45.4 Å². The fourth-order valence-corrected chi connectivity index (χ4v) is 7.08. The standard InChI is InChI=1S/C22H35N3O5/c1-14(25-6-4-23-5-7-25)17(18(26)29-2)24-19(27)21-9-15-8-16(10-21)12-22(11-15,13-21)20(28)30-3/h14-17,23H,4-13H2,1-3H3,(H,24,27). The Morgan fingerprint density at radius 3 is 2.17 bits per heavy atom. The summed E-state index contributed by atoms with van der Waals surface area (Å²) in [5, 5.41) is 6.38. The number of nitrogens with one attached hydrogen (secondary N) is 2. The summed E-state index contributed by atoms with van der Waals surface area (Å²) in [6.07, 6.45) is 4.85.